The Kier molecular flexibility index (Phi) is 4.14. The molecule has 0 aliphatic heterocycles. The quantitative estimate of drug-likeness (QED) is 0.512. The molecule has 26 heavy (non-hydrogen) atoms. The number of hydrogen-bond donors (Lipinski definition) is 1. The van der Waals surface area contributed by atoms with Crippen LogP contribution in [-0.2, 0) is 0 Å². The largest absolute Gasteiger partial charge is 0.419 e. The summed E-state index contributed by atoms with van der Waals surface area (Å²) in [6, 6.07) is 12.1. The van der Waals surface area contributed by atoms with Gasteiger partial charge < -0.3 is 9.73 Å². The third-order valence-corrected chi connectivity index (χ3v) is 5.42. The SMILES string of the molecule is N#Cc1nc(-c2ccc([N+](=O)[O-])cc2)oc1NCC1CC1c1cccs1. The molecule has 0 saturated heterocycles. The highest BCUT2D eigenvalue weighted by Crippen LogP contribution is 2.49. The third-order valence-electron chi connectivity index (χ3n) is 4.41. The number of benzene rings is 1. The lowest BCUT2D eigenvalue weighted by molar-refractivity contribution is -0.384. The van der Waals surface area contributed by atoms with Crippen molar-refractivity contribution in [3.8, 4) is 17.5 Å². The minimum absolute atomic E-state index is 0.00693. The first-order chi connectivity index (χ1) is 12.7. The summed E-state index contributed by atoms with van der Waals surface area (Å²) in [5, 5.41) is 25.3. The van der Waals surface area contributed by atoms with Crippen LogP contribution in [0.25, 0.3) is 11.5 Å². The molecule has 0 radical (unpaired) electrons. The van der Waals surface area contributed by atoms with E-state index < -0.39 is 4.92 Å². The smallest absolute Gasteiger partial charge is 0.269 e. The number of anilines is 1. The van der Waals surface area contributed by atoms with Gasteiger partial charge >= 0.3 is 0 Å². The van der Waals surface area contributed by atoms with Gasteiger partial charge in [0, 0.05) is 29.1 Å². The maximum atomic E-state index is 10.7. The van der Waals surface area contributed by atoms with Crippen molar-refractivity contribution in [2.45, 2.75) is 12.3 Å². The third kappa shape index (κ3) is 3.17. The van der Waals surface area contributed by atoms with Gasteiger partial charge in [0.15, 0.2) is 0 Å². The first-order valence-electron chi connectivity index (χ1n) is 8.08. The van der Waals surface area contributed by atoms with Crippen LogP contribution in [0, 0.1) is 27.4 Å². The van der Waals surface area contributed by atoms with Gasteiger partial charge in [-0.25, -0.2) is 0 Å². The monoisotopic (exact) mass is 366 g/mol. The zero-order chi connectivity index (χ0) is 18.1. The predicted molar refractivity (Wildman–Crippen MR) is 97.0 cm³/mol. The van der Waals surface area contributed by atoms with Gasteiger partial charge in [0.25, 0.3) is 5.69 Å². The van der Waals surface area contributed by atoms with Crippen LogP contribution in [0.2, 0.25) is 0 Å². The van der Waals surface area contributed by atoms with Gasteiger partial charge in [0.05, 0.1) is 4.92 Å². The van der Waals surface area contributed by atoms with Crippen LogP contribution in [0.1, 0.15) is 22.9 Å². The molecule has 2 heterocycles. The van der Waals surface area contributed by atoms with E-state index in [9.17, 15) is 15.4 Å². The van der Waals surface area contributed by atoms with Crippen LogP contribution in [0.4, 0.5) is 11.6 Å². The molecule has 1 aromatic carbocycles. The molecule has 0 amide bonds. The summed E-state index contributed by atoms with van der Waals surface area (Å²) in [6.45, 7) is 0.714. The molecule has 2 aromatic heterocycles. The van der Waals surface area contributed by atoms with Crippen LogP contribution >= 0.6 is 11.3 Å². The molecule has 1 aliphatic rings. The van der Waals surface area contributed by atoms with Crippen molar-refractivity contribution in [2.75, 3.05) is 11.9 Å². The Morgan fingerprint density at radius 2 is 2.19 bits per heavy atom. The lowest BCUT2D eigenvalue weighted by atomic mass is 10.2. The van der Waals surface area contributed by atoms with Crippen molar-refractivity contribution in [3.05, 3.63) is 62.5 Å². The molecule has 0 bridgehead atoms. The molecule has 2 unspecified atom stereocenters. The number of nitriles is 1. The first-order valence-corrected chi connectivity index (χ1v) is 8.96. The summed E-state index contributed by atoms with van der Waals surface area (Å²) >= 11 is 1.77. The number of hydrogen-bond acceptors (Lipinski definition) is 7. The second-order valence-electron chi connectivity index (χ2n) is 6.11. The van der Waals surface area contributed by atoms with E-state index in [-0.39, 0.29) is 17.3 Å². The lowest BCUT2D eigenvalue weighted by Gasteiger charge is -2.01. The maximum Gasteiger partial charge on any atom is 0.269 e. The second-order valence-corrected chi connectivity index (χ2v) is 7.09. The number of rotatable bonds is 6. The summed E-state index contributed by atoms with van der Waals surface area (Å²) in [4.78, 5) is 15.8. The van der Waals surface area contributed by atoms with Crippen LogP contribution in [0.15, 0.2) is 46.2 Å². The Labute approximate surface area is 153 Å². The molecule has 1 aliphatic carbocycles. The molecule has 3 aromatic rings. The highest BCUT2D eigenvalue weighted by molar-refractivity contribution is 7.10. The van der Waals surface area contributed by atoms with Crippen LogP contribution < -0.4 is 5.32 Å². The minimum Gasteiger partial charge on any atom is -0.419 e. The Balaban J connectivity index is 1.46. The molecule has 0 spiro atoms. The fraction of sp³-hybridized carbons (Fsp3) is 0.222. The summed E-state index contributed by atoms with van der Waals surface area (Å²) in [7, 11) is 0. The van der Waals surface area contributed by atoms with E-state index in [2.05, 4.69) is 27.8 Å². The number of oxazole rings is 1. The van der Waals surface area contributed by atoms with Gasteiger partial charge in [-0.1, -0.05) is 6.07 Å². The number of non-ortho nitro benzene ring substituents is 1. The molecular weight excluding hydrogens is 352 g/mol. The summed E-state index contributed by atoms with van der Waals surface area (Å²) < 4.78 is 5.68. The van der Waals surface area contributed by atoms with E-state index in [1.54, 1.807) is 23.5 Å². The van der Waals surface area contributed by atoms with E-state index >= 15 is 0 Å². The average molecular weight is 366 g/mol. The second kappa shape index (κ2) is 6.61. The fourth-order valence-corrected chi connectivity index (χ4v) is 3.85. The van der Waals surface area contributed by atoms with E-state index in [1.807, 2.05) is 6.07 Å². The van der Waals surface area contributed by atoms with Crippen molar-refractivity contribution in [1.29, 1.82) is 5.26 Å². The first kappa shape index (κ1) is 16.3. The Morgan fingerprint density at radius 3 is 2.85 bits per heavy atom. The van der Waals surface area contributed by atoms with Crippen molar-refractivity contribution in [2.24, 2.45) is 5.92 Å². The standard InChI is InChI=1S/C18H14N4O3S/c19-9-15-18(20-10-12-8-14(12)16-2-1-7-26-16)25-17(21-15)11-3-5-13(6-4-11)22(23)24/h1-7,12,14,20H,8,10H2. The van der Waals surface area contributed by atoms with E-state index in [0.717, 1.165) is 6.42 Å². The van der Waals surface area contributed by atoms with Crippen molar-refractivity contribution < 1.29 is 9.34 Å². The van der Waals surface area contributed by atoms with E-state index in [0.29, 0.717) is 29.8 Å². The number of thiophene rings is 1. The molecule has 130 valence electrons. The Hall–Kier alpha value is -3.18. The maximum absolute atomic E-state index is 10.7. The van der Waals surface area contributed by atoms with Gasteiger partial charge in [-0.05, 0) is 41.8 Å². The number of nitrogens with zero attached hydrogens (tertiary/aromatic N) is 3. The fourth-order valence-electron chi connectivity index (χ4n) is 2.91. The minimum atomic E-state index is -0.466. The van der Waals surface area contributed by atoms with E-state index in [4.69, 9.17) is 4.42 Å². The number of aromatic nitrogens is 1. The van der Waals surface area contributed by atoms with Crippen molar-refractivity contribution >= 4 is 22.9 Å². The molecule has 2 atom stereocenters. The molecule has 8 heteroatoms. The normalized spacial score (nSPS) is 18.3. The van der Waals surface area contributed by atoms with Crippen LogP contribution in [-0.4, -0.2) is 16.5 Å². The highest BCUT2D eigenvalue weighted by atomic mass is 32.1. The van der Waals surface area contributed by atoms with Gasteiger partial charge in [-0.15, -0.1) is 11.3 Å². The molecule has 1 N–H and O–H groups in total. The van der Waals surface area contributed by atoms with Gasteiger partial charge in [0.2, 0.25) is 17.5 Å². The van der Waals surface area contributed by atoms with Gasteiger partial charge in [-0.2, -0.15) is 10.2 Å². The van der Waals surface area contributed by atoms with Crippen molar-refractivity contribution in [3.63, 3.8) is 0 Å². The molecule has 1 saturated carbocycles. The lowest BCUT2D eigenvalue weighted by Crippen LogP contribution is -2.04. The Morgan fingerprint density at radius 1 is 1.38 bits per heavy atom. The predicted octanol–water partition coefficient (Wildman–Crippen LogP) is 4.40. The Bertz CT molecular complexity index is 973. The van der Waals surface area contributed by atoms with Gasteiger partial charge in [-0.3, -0.25) is 10.1 Å². The zero-order valence-electron chi connectivity index (χ0n) is 13.6. The van der Waals surface area contributed by atoms with Crippen LogP contribution in [0.3, 0.4) is 0 Å². The zero-order valence-corrected chi connectivity index (χ0v) is 14.4. The highest BCUT2D eigenvalue weighted by Gasteiger charge is 2.38. The number of nitro benzene ring substituents is 1. The number of nitro groups is 1. The van der Waals surface area contributed by atoms with E-state index in [1.165, 1.54) is 17.0 Å². The summed E-state index contributed by atoms with van der Waals surface area (Å²) in [6.07, 6.45) is 1.12. The molecular formula is C18H14N4O3S. The summed E-state index contributed by atoms with van der Waals surface area (Å²) in [5.74, 6) is 1.71. The molecule has 1 fully saturated rings. The average Bonchev–Trinajstić information content (AvgIpc) is 3.07. The van der Waals surface area contributed by atoms with Gasteiger partial charge in [0.1, 0.15) is 6.07 Å². The number of nitrogens with one attached hydrogen (secondary N) is 1. The molecule has 7 nitrogen and oxygen atoms in total. The topological polar surface area (TPSA) is 105 Å². The molecule has 4 rings (SSSR count). The van der Waals surface area contributed by atoms with Crippen molar-refractivity contribution in [1.82, 2.24) is 4.98 Å². The summed E-state index contributed by atoms with van der Waals surface area (Å²) in [5.41, 5.74) is 0.766. The van der Waals surface area contributed by atoms with Crippen LogP contribution in [0.5, 0.6) is 0 Å².